The van der Waals surface area contributed by atoms with Crippen molar-refractivity contribution in [2.24, 2.45) is 4.99 Å². The summed E-state index contributed by atoms with van der Waals surface area (Å²) in [5.74, 6) is 0.714. The van der Waals surface area contributed by atoms with E-state index in [9.17, 15) is 0 Å². The molecule has 0 saturated carbocycles. The van der Waals surface area contributed by atoms with Crippen molar-refractivity contribution in [1.82, 2.24) is 0 Å². The van der Waals surface area contributed by atoms with Gasteiger partial charge < -0.3 is 14.2 Å². The summed E-state index contributed by atoms with van der Waals surface area (Å²) >= 11 is 0. The van der Waals surface area contributed by atoms with Crippen LogP contribution in [0.4, 0.5) is 0 Å². The van der Waals surface area contributed by atoms with E-state index in [2.05, 4.69) is 53.7 Å². The number of benzene rings is 1. The number of aliphatic imine (C=N–C) groups is 1. The molecule has 2 heterocycles. The van der Waals surface area contributed by atoms with Crippen LogP contribution in [0.5, 0.6) is 0 Å². The average molecular weight is 331 g/mol. The Balaban J connectivity index is 2.13. The first-order valence-corrected chi connectivity index (χ1v) is 8.79. The number of hydrogen-bond donors (Lipinski definition) is 0. The van der Waals surface area contributed by atoms with Gasteiger partial charge >= 0.3 is 0 Å². The normalized spacial score (nSPS) is 21.5. The highest BCUT2D eigenvalue weighted by atomic mass is 16.7. The summed E-state index contributed by atoms with van der Waals surface area (Å²) < 4.78 is 17.7. The quantitative estimate of drug-likeness (QED) is 0.812. The van der Waals surface area contributed by atoms with Gasteiger partial charge in [0.2, 0.25) is 5.90 Å². The molecule has 0 spiro atoms. The highest BCUT2D eigenvalue weighted by Crippen LogP contribution is 2.35. The fraction of sp³-hybridized carbons (Fsp3) is 0.650. The monoisotopic (exact) mass is 331 g/mol. The van der Waals surface area contributed by atoms with Crippen LogP contribution < -0.4 is 0 Å². The lowest BCUT2D eigenvalue weighted by Gasteiger charge is -2.29. The SMILES string of the molecule is Cc1cc(C(C)(C)C)cc(C2OCCCO2)c1C1=NC(C)(C)CO1. The maximum atomic E-state index is 5.93. The lowest BCUT2D eigenvalue weighted by Crippen LogP contribution is -2.23. The largest absolute Gasteiger partial charge is 0.475 e. The van der Waals surface area contributed by atoms with E-state index in [1.54, 1.807) is 0 Å². The Kier molecular flexibility index (Phi) is 4.47. The number of aryl methyl sites for hydroxylation is 1. The molecule has 0 bridgehead atoms. The molecule has 2 aliphatic heterocycles. The molecule has 4 heteroatoms. The molecule has 0 atom stereocenters. The number of ether oxygens (including phenoxy) is 3. The van der Waals surface area contributed by atoms with Crippen LogP contribution in [-0.2, 0) is 19.6 Å². The van der Waals surface area contributed by atoms with Crippen LogP contribution >= 0.6 is 0 Å². The summed E-state index contributed by atoms with van der Waals surface area (Å²) in [5, 5.41) is 0. The summed E-state index contributed by atoms with van der Waals surface area (Å²) in [4.78, 5) is 4.78. The van der Waals surface area contributed by atoms with E-state index in [0.29, 0.717) is 12.5 Å². The predicted octanol–water partition coefficient (Wildman–Crippen LogP) is 4.28. The molecule has 4 nitrogen and oxygen atoms in total. The molecule has 0 amide bonds. The van der Waals surface area contributed by atoms with Crippen molar-refractivity contribution in [3.8, 4) is 0 Å². The standard InChI is InChI=1S/C20H29NO3/c1-13-10-14(19(2,3)4)11-15(18-22-8-7-9-23-18)16(13)17-21-20(5,6)12-24-17/h10-11,18H,7-9,12H2,1-6H3. The molecule has 0 radical (unpaired) electrons. The number of hydrogen-bond acceptors (Lipinski definition) is 4. The fourth-order valence-corrected chi connectivity index (χ4v) is 3.11. The highest BCUT2D eigenvalue weighted by Gasteiger charge is 2.32. The molecule has 1 aromatic rings. The van der Waals surface area contributed by atoms with Crippen LogP contribution in [0.15, 0.2) is 17.1 Å². The average Bonchev–Trinajstić information content (AvgIpc) is 2.86. The minimum absolute atomic E-state index is 0.0598. The van der Waals surface area contributed by atoms with Crippen LogP contribution in [0, 0.1) is 6.92 Å². The van der Waals surface area contributed by atoms with Crippen molar-refractivity contribution in [3.63, 3.8) is 0 Å². The fourth-order valence-electron chi connectivity index (χ4n) is 3.11. The van der Waals surface area contributed by atoms with E-state index in [0.717, 1.165) is 36.3 Å². The third kappa shape index (κ3) is 3.50. The molecule has 0 unspecified atom stereocenters. The molecule has 24 heavy (non-hydrogen) atoms. The van der Waals surface area contributed by atoms with Crippen molar-refractivity contribution in [1.29, 1.82) is 0 Å². The number of rotatable bonds is 2. The second kappa shape index (κ2) is 6.16. The van der Waals surface area contributed by atoms with E-state index in [-0.39, 0.29) is 17.2 Å². The summed E-state index contributed by atoms with van der Waals surface area (Å²) in [6.07, 6.45) is 0.596. The van der Waals surface area contributed by atoms with Gasteiger partial charge in [-0.05, 0) is 49.8 Å². The van der Waals surface area contributed by atoms with Crippen molar-refractivity contribution in [3.05, 3.63) is 34.4 Å². The maximum Gasteiger partial charge on any atom is 0.217 e. The van der Waals surface area contributed by atoms with Crippen molar-refractivity contribution >= 4 is 5.90 Å². The Hall–Kier alpha value is -1.39. The third-order valence-corrected chi connectivity index (χ3v) is 4.49. The summed E-state index contributed by atoms with van der Waals surface area (Å²) in [7, 11) is 0. The minimum Gasteiger partial charge on any atom is -0.475 e. The topological polar surface area (TPSA) is 40.0 Å². The molecule has 0 aromatic heterocycles. The molecular formula is C20H29NO3. The van der Waals surface area contributed by atoms with Crippen molar-refractivity contribution in [2.45, 2.75) is 65.2 Å². The van der Waals surface area contributed by atoms with Gasteiger partial charge in [0, 0.05) is 11.1 Å². The first-order valence-electron chi connectivity index (χ1n) is 8.79. The number of nitrogens with zero attached hydrogens (tertiary/aromatic N) is 1. The predicted molar refractivity (Wildman–Crippen MR) is 95.7 cm³/mol. The van der Waals surface area contributed by atoms with E-state index < -0.39 is 0 Å². The lowest BCUT2D eigenvalue weighted by molar-refractivity contribution is -0.183. The van der Waals surface area contributed by atoms with Crippen LogP contribution in [-0.4, -0.2) is 31.3 Å². The molecule has 0 N–H and O–H groups in total. The van der Waals surface area contributed by atoms with Crippen molar-refractivity contribution in [2.75, 3.05) is 19.8 Å². The molecule has 1 aromatic carbocycles. The second-order valence-electron chi connectivity index (χ2n) is 8.45. The third-order valence-electron chi connectivity index (χ3n) is 4.49. The van der Waals surface area contributed by atoms with E-state index in [1.165, 1.54) is 5.56 Å². The van der Waals surface area contributed by atoms with Gasteiger partial charge in [-0.2, -0.15) is 0 Å². The zero-order valence-electron chi connectivity index (χ0n) is 15.7. The Morgan fingerprint density at radius 2 is 1.79 bits per heavy atom. The van der Waals surface area contributed by atoms with Crippen LogP contribution in [0.1, 0.15) is 69.6 Å². The molecule has 2 aliphatic rings. The second-order valence-corrected chi connectivity index (χ2v) is 8.45. The minimum atomic E-state index is -0.343. The Bertz CT molecular complexity index is 650. The van der Waals surface area contributed by atoms with E-state index in [1.807, 2.05) is 0 Å². The summed E-state index contributed by atoms with van der Waals surface area (Å²) in [6, 6.07) is 4.44. The molecule has 1 saturated heterocycles. The van der Waals surface area contributed by atoms with Gasteiger partial charge in [0.15, 0.2) is 6.29 Å². The zero-order valence-corrected chi connectivity index (χ0v) is 15.7. The Morgan fingerprint density at radius 3 is 2.33 bits per heavy atom. The molecular weight excluding hydrogens is 302 g/mol. The highest BCUT2D eigenvalue weighted by molar-refractivity contribution is 5.98. The summed E-state index contributed by atoms with van der Waals surface area (Å²) in [5.41, 5.74) is 4.37. The Morgan fingerprint density at radius 1 is 1.12 bits per heavy atom. The molecule has 3 rings (SSSR count). The van der Waals surface area contributed by atoms with Crippen LogP contribution in [0.2, 0.25) is 0 Å². The van der Waals surface area contributed by atoms with Crippen LogP contribution in [0.25, 0.3) is 0 Å². The Labute approximate surface area is 145 Å². The van der Waals surface area contributed by atoms with E-state index in [4.69, 9.17) is 19.2 Å². The first kappa shape index (κ1) is 17.4. The van der Waals surface area contributed by atoms with Gasteiger partial charge in [0.05, 0.1) is 18.8 Å². The van der Waals surface area contributed by atoms with Gasteiger partial charge in [-0.3, -0.25) is 0 Å². The first-order chi connectivity index (χ1) is 11.2. The molecule has 1 fully saturated rings. The van der Waals surface area contributed by atoms with Gasteiger partial charge in [-0.1, -0.05) is 26.8 Å². The van der Waals surface area contributed by atoms with Crippen molar-refractivity contribution < 1.29 is 14.2 Å². The summed E-state index contributed by atoms with van der Waals surface area (Å²) in [6.45, 7) is 15.0. The van der Waals surface area contributed by atoms with Gasteiger partial charge in [0.25, 0.3) is 0 Å². The maximum absolute atomic E-state index is 5.93. The lowest BCUT2D eigenvalue weighted by atomic mass is 9.83. The molecule has 132 valence electrons. The van der Waals surface area contributed by atoms with Gasteiger partial charge in [-0.25, -0.2) is 4.99 Å². The molecule has 0 aliphatic carbocycles. The smallest absolute Gasteiger partial charge is 0.217 e. The van der Waals surface area contributed by atoms with Crippen LogP contribution in [0.3, 0.4) is 0 Å². The zero-order chi connectivity index (χ0) is 17.5. The van der Waals surface area contributed by atoms with Gasteiger partial charge in [0.1, 0.15) is 6.61 Å². The van der Waals surface area contributed by atoms with E-state index >= 15 is 0 Å². The van der Waals surface area contributed by atoms with Gasteiger partial charge in [-0.15, -0.1) is 0 Å².